The number of nitrogens with zero attached hydrogens (tertiary/aromatic N) is 3. The highest BCUT2D eigenvalue weighted by atomic mass is 16.1. The predicted molar refractivity (Wildman–Crippen MR) is 81.9 cm³/mol. The van der Waals surface area contributed by atoms with Crippen LogP contribution in [-0.4, -0.2) is 19.7 Å². The van der Waals surface area contributed by atoms with Crippen LogP contribution in [0.4, 0.5) is 0 Å². The first-order chi connectivity index (χ1) is 10.2. The van der Waals surface area contributed by atoms with Crippen LogP contribution in [0.15, 0.2) is 47.4 Å². The van der Waals surface area contributed by atoms with E-state index in [2.05, 4.69) is 15.1 Å². The standard InChI is InChI=1S/C16H16N4O/c1-3-13-12(10-20(2)19-13)16-17-14(9-15(21)18-16)11-7-5-4-6-8-11/h4-10H,3H2,1-2H3,(H,17,18,21). The topological polar surface area (TPSA) is 63.6 Å². The molecule has 5 heteroatoms. The first-order valence-electron chi connectivity index (χ1n) is 6.87. The largest absolute Gasteiger partial charge is 0.306 e. The van der Waals surface area contributed by atoms with E-state index in [1.54, 1.807) is 4.68 Å². The van der Waals surface area contributed by atoms with Crippen LogP contribution in [0.5, 0.6) is 0 Å². The van der Waals surface area contributed by atoms with Gasteiger partial charge in [0.2, 0.25) is 0 Å². The zero-order chi connectivity index (χ0) is 14.8. The van der Waals surface area contributed by atoms with E-state index in [0.717, 1.165) is 23.2 Å². The summed E-state index contributed by atoms with van der Waals surface area (Å²) in [6, 6.07) is 11.2. The summed E-state index contributed by atoms with van der Waals surface area (Å²) in [5, 5.41) is 4.39. The number of hydrogen-bond donors (Lipinski definition) is 1. The second kappa shape index (κ2) is 5.36. The van der Waals surface area contributed by atoms with Gasteiger partial charge in [0.25, 0.3) is 5.56 Å². The van der Waals surface area contributed by atoms with E-state index in [-0.39, 0.29) is 5.56 Å². The SMILES string of the molecule is CCc1nn(C)cc1-c1nc(-c2ccccc2)cc(=O)[nH]1. The van der Waals surface area contributed by atoms with Crippen LogP contribution in [-0.2, 0) is 13.5 Å². The molecular weight excluding hydrogens is 264 g/mol. The summed E-state index contributed by atoms with van der Waals surface area (Å²) in [5.41, 5.74) is 3.22. The van der Waals surface area contributed by atoms with E-state index in [0.29, 0.717) is 11.5 Å². The van der Waals surface area contributed by atoms with Crippen molar-refractivity contribution in [1.82, 2.24) is 19.7 Å². The minimum Gasteiger partial charge on any atom is -0.306 e. The van der Waals surface area contributed by atoms with Crippen molar-refractivity contribution in [2.24, 2.45) is 7.05 Å². The fraction of sp³-hybridized carbons (Fsp3) is 0.188. The Labute approximate surface area is 122 Å². The minimum absolute atomic E-state index is 0.162. The molecular formula is C16H16N4O. The van der Waals surface area contributed by atoms with Crippen molar-refractivity contribution < 1.29 is 0 Å². The fourth-order valence-corrected chi connectivity index (χ4v) is 2.34. The second-order valence-corrected chi connectivity index (χ2v) is 4.86. The van der Waals surface area contributed by atoms with Crippen molar-refractivity contribution >= 4 is 0 Å². The minimum atomic E-state index is -0.162. The highest BCUT2D eigenvalue weighted by Gasteiger charge is 2.12. The van der Waals surface area contributed by atoms with E-state index >= 15 is 0 Å². The van der Waals surface area contributed by atoms with Gasteiger partial charge in [-0.25, -0.2) is 4.98 Å². The molecule has 0 radical (unpaired) electrons. The second-order valence-electron chi connectivity index (χ2n) is 4.86. The molecule has 2 heterocycles. The molecule has 0 fully saturated rings. The maximum absolute atomic E-state index is 11.9. The molecule has 21 heavy (non-hydrogen) atoms. The molecule has 1 aromatic carbocycles. The third-order valence-corrected chi connectivity index (χ3v) is 3.31. The summed E-state index contributed by atoms with van der Waals surface area (Å²) >= 11 is 0. The Morgan fingerprint density at radius 1 is 1.24 bits per heavy atom. The molecule has 0 spiro atoms. The summed E-state index contributed by atoms with van der Waals surface area (Å²) in [7, 11) is 1.86. The Morgan fingerprint density at radius 3 is 2.71 bits per heavy atom. The lowest BCUT2D eigenvalue weighted by atomic mass is 10.1. The van der Waals surface area contributed by atoms with Crippen molar-refractivity contribution in [3.05, 3.63) is 58.6 Å². The van der Waals surface area contributed by atoms with E-state index < -0.39 is 0 Å². The van der Waals surface area contributed by atoms with E-state index in [1.807, 2.05) is 50.5 Å². The Hall–Kier alpha value is -2.69. The average molecular weight is 280 g/mol. The summed E-state index contributed by atoms with van der Waals surface area (Å²) in [4.78, 5) is 19.3. The van der Waals surface area contributed by atoms with Gasteiger partial charge in [0.15, 0.2) is 0 Å². The highest BCUT2D eigenvalue weighted by Crippen LogP contribution is 2.21. The Kier molecular flexibility index (Phi) is 3.39. The zero-order valence-electron chi connectivity index (χ0n) is 12.0. The normalized spacial score (nSPS) is 10.8. The third-order valence-electron chi connectivity index (χ3n) is 3.31. The van der Waals surface area contributed by atoms with Crippen LogP contribution in [0.3, 0.4) is 0 Å². The lowest BCUT2D eigenvalue weighted by molar-refractivity contribution is 0.746. The van der Waals surface area contributed by atoms with E-state index in [1.165, 1.54) is 6.07 Å². The molecule has 1 N–H and O–H groups in total. The smallest absolute Gasteiger partial charge is 0.251 e. The van der Waals surface area contributed by atoms with Gasteiger partial charge < -0.3 is 4.98 Å². The summed E-state index contributed by atoms with van der Waals surface area (Å²) in [5.74, 6) is 0.561. The summed E-state index contributed by atoms with van der Waals surface area (Å²) in [6.45, 7) is 2.03. The number of aromatic amines is 1. The molecule has 0 amide bonds. The van der Waals surface area contributed by atoms with Crippen molar-refractivity contribution in [3.63, 3.8) is 0 Å². The molecule has 0 aliphatic carbocycles. The summed E-state index contributed by atoms with van der Waals surface area (Å²) < 4.78 is 1.74. The average Bonchev–Trinajstić information content (AvgIpc) is 2.89. The number of rotatable bonds is 3. The van der Waals surface area contributed by atoms with Crippen LogP contribution in [0.2, 0.25) is 0 Å². The molecule has 3 aromatic rings. The molecule has 2 aromatic heterocycles. The first kappa shape index (κ1) is 13.3. The number of aromatic nitrogens is 4. The first-order valence-corrected chi connectivity index (χ1v) is 6.87. The maximum atomic E-state index is 11.9. The maximum Gasteiger partial charge on any atom is 0.251 e. The number of nitrogens with one attached hydrogen (secondary N) is 1. The molecule has 0 aliphatic heterocycles. The lowest BCUT2D eigenvalue weighted by Gasteiger charge is -2.04. The van der Waals surface area contributed by atoms with Crippen molar-refractivity contribution in [2.45, 2.75) is 13.3 Å². The lowest BCUT2D eigenvalue weighted by Crippen LogP contribution is -2.09. The fourth-order valence-electron chi connectivity index (χ4n) is 2.34. The van der Waals surface area contributed by atoms with Crippen molar-refractivity contribution in [1.29, 1.82) is 0 Å². The molecule has 5 nitrogen and oxygen atoms in total. The molecule has 0 aliphatic rings. The molecule has 3 rings (SSSR count). The monoisotopic (exact) mass is 280 g/mol. The zero-order valence-corrected chi connectivity index (χ0v) is 12.0. The van der Waals surface area contributed by atoms with Gasteiger partial charge in [0.05, 0.1) is 17.0 Å². The molecule has 0 saturated heterocycles. The van der Waals surface area contributed by atoms with Crippen LogP contribution < -0.4 is 5.56 Å². The van der Waals surface area contributed by atoms with E-state index in [4.69, 9.17) is 0 Å². The van der Waals surface area contributed by atoms with Gasteiger partial charge >= 0.3 is 0 Å². The molecule has 0 atom stereocenters. The molecule has 0 bridgehead atoms. The van der Waals surface area contributed by atoms with Gasteiger partial charge in [-0.1, -0.05) is 37.3 Å². The van der Waals surface area contributed by atoms with Gasteiger partial charge in [0.1, 0.15) is 5.82 Å². The molecule has 106 valence electrons. The van der Waals surface area contributed by atoms with Crippen LogP contribution in [0.25, 0.3) is 22.6 Å². The Bertz CT molecular complexity index is 818. The Balaban J connectivity index is 2.16. The quantitative estimate of drug-likeness (QED) is 0.801. The van der Waals surface area contributed by atoms with Gasteiger partial charge in [-0.2, -0.15) is 5.10 Å². The van der Waals surface area contributed by atoms with Gasteiger partial charge in [-0.15, -0.1) is 0 Å². The summed E-state index contributed by atoms with van der Waals surface area (Å²) in [6.07, 6.45) is 2.67. The van der Waals surface area contributed by atoms with Gasteiger partial charge in [0, 0.05) is 24.9 Å². The van der Waals surface area contributed by atoms with E-state index in [9.17, 15) is 4.79 Å². The number of hydrogen-bond acceptors (Lipinski definition) is 3. The number of aryl methyl sites for hydroxylation is 2. The number of benzene rings is 1. The van der Waals surface area contributed by atoms with Crippen LogP contribution >= 0.6 is 0 Å². The highest BCUT2D eigenvalue weighted by molar-refractivity contribution is 5.64. The Morgan fingerprint density at radius 2 is 2.00 bits per heavy atom. The van der Waals surface area contributed by atoms with Crippen LogP contribution in [0, 0.1) is 0 Å². The van der Waals surface area contributed by atoms with Crippen molar-refractivity contribution in [3.8, 4) is 22.6 Å². The molecule has 0 saturated carbocycles. The van der Waals surface area contributed by atoms with Crippen molar-refractivity contribution in [2.75, 3.05) is 0 Å². The molecule has 0 unspecified atom stereocenters. The van der Waals surface area contributed by atoms with Gasteiger partial charge in [-0.3, -0.25) is 9.48 Å². The number of H-pyrrole nitrogens is 1. The van der Waals surface area contributed by atoms with Crippen LogP contribution in [0.1, 0.15) is 12.6 Å². The predicted octanol–water partition coefficient (Wildman–Crippen LogP) is 2.40. The van der Waals surface area contributed by atoms with Gasteiger partial charge in [-0.05, 0) is 6.42 Å². The third kappa shape index (κ3) is 2.63.